The van der Waals surface area contributed by atoms with Crippen LogP contribution in [0.1, 0.15) is 44.1 Å². The largest absolute Gasteiger partial charge is 0.497 e. The van der Waals surface area contributed by atoms with Crippen molar-refractivity contribution >= 4 is 5.78 Å². The molecule has 3 aliphatic carbocycles. The molecule has 0 bridgehead atoms. The quantitative estimate of drug-likeness (QED) is 0.853. The van der Waals surface area contributed by atoms with Crippen LogP contribution in [0, 0.1) is 17.8 Å². The van der Waals surface area contributed by atoms with Gasteiger partial charge in [0.2, 0.25) is 0 Å². The highest BCUT2D eigenvalue weighted by molar-refractivity contribution is 5.96. The molecular weight excluding hydrogens is 276 g/mol. The van der Waals surface area contributed by atoms with Gasteiger partial charge in [0, 0.05) is 17.5 Å². The number of ether oxygens (including phenoxy) is 2. The lowest BCUT2D eigenvalue weighted by molar-refractivity contribution is -0.125. The van der Waals surface area contributed by atoms with Crippen molar-refractivity contribution in [3.8, 4) is 11.5 Å². The van der Waals surface area contributed by atoms with Gasteiger partial charge in [-0.15, -0.1) is 0 Å². The molecule has 0 aromatic heterocycles. The van der Waals surface area contributed by atoms with Crippen molar-refractivity contribution in [3.63, 3.8) is 0 Å². The molecule has 1 aromatic carbocycles. The second-order valence-electron chi connectivity index (χ2n) is 7.10. The number of carbonyl (C=O) groups is 1. The normalized spacial score (nSPS) is 36.3. The maximum absolute atomic E-state index is 13.3. The second-order valence-corrected chi connectivity index (χ2v) is 7.10. The number of hydrogen-bond donors (Lipinski definition) is 0. The number of hydrogen-bond acceptors (Lipinski definition) is 3. The van der Waals surface area contributed by atoms with Crippen LogP contribution in [0.3, 0.4) is 0 Å². The average Bonchev–Trinajstić information content (AvgIpc) is 3.23. The molecule has 3 aliphatic rings. The summed E-state index contributed by atoms with van der Waals surface area (Å²) in [5.74, 6) is 3.55. The molecular formula is C19H24O3. The zero-order valence-electron chi connectivity index (χ0n) is 13.4. The smallest absolute Gasteiger partial charge is 0.147 e. The molecule has 0 unspecified atom stereocenters. The summed E-state index contributed by atoms with van der Waals surface area (Å²) < 4.78 is 11.0. The van der Waals surface area contributed by atoms with E-state index in [1.807, 2.05) is 12.1 Å². The highest BCUT2D eigenvalue weighted by atomic mass is 16.5. The molecule has 3 saturated carbocycles. The standard InChI is InChI=1S/C19H24O3/c1-21-12-8-9-16(17(11-12)22-2)19-10-4-7-15(19)13-5-3-6-14(13)18(19)20/h8-9,11,13-15H,3-7,10H2,1-2H3/t13-,14+,15+,19+/m1/s1. The van der Waals surface area contributed by atoms with Gasteiger partial charge in [-0.25, -0.2) is 0 Å². The number of fused-ring (bicyclic) bond motifs is 3. The van der Waals surface area contributed by atoms with Gasteiger partial charge in [-0.3, -0.25) is 4.79 Å². The van der Waals surface area contributed by atoms with Crippen LogP contribution in [0.25, 0.3) is 0 Å². The van der Waals surface area contributed by atoms with E-state index in [0.717, 1.165) is 36.3 Å². The lowest BCUT2D eigenvalue weighted by Gasteiger charge is -2.32. The number of rotatable bonds is 3. The summed E-state index contributed by atoms with van der Waals surface area (Å²) in [4.78, 5) is 13.3. The first-order valence-electron chi connectivity index (χ1n) is 8.49. The Balaban J connectivity index is 1.85. The zero-order chi connectivity index (χ0) is 15.3. The molecule has 3 fully saturated rings. The lowest BCUT2D eigenvalue weighted by atomic mass is 9.71. The maximum atomic E-state index is 13.3. The van der Waals surface area contributed by atoms with E-state index < -0.39 is 0 Å². The van der Waals surface area contributed by atoms with Crippen LogP contribution in [0.15, 0.2) is 18.2 Å². The Morgan fingerprint density at radius 3 is 2.73 bits per heavy atom. The summed E-state index contributed by atoms with van der Waals surface area (Å²) in [7, 11) is 3.36. The predicted octanol–water partition coefficient (Wildman–Crippen LogP) is 3.74. The molecule has 118 valence electrons. The molecule has 0 saturated heterocycles. The molecule has 4 rings (SSSR count). The van der Waals surface area contributed by atoms with E-state index in [9.17, 15) is 4.79 Å². The summed E-state index contributed by atoms with van der Waals surface area (Å²) in [6, 6.07) is 5.99. The molecule has 4 atom stereocenters. The third-order valence-corrected chi connectivity index (χ3v) is 6.47. The van der Waals surface area contributed by atoms with Crippen molar-refractivity contribution in [1.82, 2.24) is 0 Å². The zero-order valence-corrected chi connectivity index (χ0v) is 13.4. The van der Waals surface area contributed by atoms with Crippen LogP contribution in [0.5, 0.6) is 11.5 Å². The van der Waals surface area contributed by atoms with Gasteiger partial charge in [-0.1, -0.05) is 18.9 Å². The van der Waals surface area contributed by atoms with Gasteiger partial charge in [-0.05, 0) is 43.6 Å². The Labute approximate surface area is 132 Å². The fourth-order valence-corrected chi connectivity index (χ4v) is 5.68. The average molecular weight is 300 g/mol. The van der Waals surface area contributed by atoms with E-state index in [1.54, 1.807) is 14.2 Å². The van der Waals surface area contributed by atoms with Crippen LogP contribution in [-0.4, -0.2) is 20.0 Å². The van der Waals surface area contributed by atoms with E-state index in [0.29, 0.717) is 23.5 Å². The first-order chi connectivity index (χ1) is 10.7. The highest BCUT2D eigenvalue weighted by Gasteiger charge is 2.63. The molecule has 0 spiro atoms. The minimum atomic E-state index is -0.284. The molecule has 0 N–H and O–H groups in total. The van der Waals surface area contributed by atoms with Crippen LogP contribution in [-0.2, 0) is 10.2 Å². The van der Waals surface area contributed by atoms with Crippen LogP contribution >= 0.6 is 0 Å². The molecule has 1 aromatic rings. The van der Waals surface area contributed by atoms with Crippen LogP contribution < -0.4 is 9.47 Å². The minimum Gasteiger partial charge on any atom is -0.497 e. The van der Waals surface area contributed by atoms with Gasteiger partial charge < -0.3 is 9.47 Å². The van der Waals surface area contributed by atoms with Crippen molar-refractivity contribution in [2.24, 2.45) is 17.8 Å². The van der Waals surface area contributed by atoms with Gasteiger partial charge >= 0.3 is 0 Å². The number of carbonyl (C=O) groups excluding carboxylic acids is 1. The Kier molecular flexibility index (Phi) is 3.21. The minimum absolute atomic E-state index is 0.284. The van der Waals surface area contributed by atoms with Crippen molar-refractivity contribution in [2.45, 2.75) is 43.9 Å². The predicted molar refractivity (Wildman–Crippen MR) is 84.4 cm³/mol. The number of methoxy groups -OCH3 is 2. The molecule has 0 aliphatic heterocycles. The van der Waals surface area contributed by atoms with Crippen LogP contribution in [0.2, 0.25) is 0 Å². The van der Waals surface area contributed by atoms with Crippen LogP contribution in [0.4, 0.5) is 0 Å². The Morgan fingerprint density at radius 1 is 1.09 bits per heavy atom. The molecule has 3 nitrogen and oxygen atoms in total. The lowest BCUT2D eigenvalue weighted by Crippen LogP contribution is -2.36. The highest BCUT2D eigenvalue weighted by Crippen LogP contribution is 2.63. The summed E-state index contributed by atoms with van der Waals surface area (Å²) in [6.45, 7) is 0. The van der Waals surface area contributed by atoms with Gasteiger partial charge in [0.05, 0.1) is 19.6 Å². The maximum Gasteiger partial charge on any atom is 0.147 e. The first-order valence-corrected chi connectivity index (χ1v) is 8.49. The van der Waals surface area contributed by atoms with E-state index in [2.05, 4.69) is 6.07 Å². The topological polar surface area (TPSA) is 35.5 Å². The fourth-order valence-electron chi connectivity index (χ4n) is 5.68. The van der Waals surface area contributed by atoms with Gasteiger partial charge in [-0.2, -0.15) is 0 Å². The van der Waals surface area contributed by atoms with E-state index >= 15 is 0 Å². The van der Waals surface area contributed by atoms with Crippen molar-refractivity contribution < 1.29 is 14.3 Å². The Morgan fingerprint density at radius 2 is 1.95 bits per heavy atom. The van der Waals surface area contributed by atoms with E-state index in [1.165, 1.54) is 19.3 Å². The fraction of sp³-hybridized carbons (Fsp3) is 0.632. The summed E-state index contributed by atoms with van der Waals surface area (Å²) in [5, 5.41) is 0. The SMILES string of the molecule is COc1ccc([C@]23CCC[C@H]2[C@@H]2CCC[C@@H]2C3=O)c(OC)c1. The van der Waals surface area contributed by atoms with Gasteiger partial charge in [0.15, 0.2) is 0 Å². The molecule has 3 heteroatoms. The monoisotopic (exact) mass is 300 g/mol. The second kappa shape index (κ2) is 5.00. The van der Waals surface area contributed by atoms with Gasteiger partial charge in [0.1, 0.15) is 17.3 Å². The van der Waals surface area contributed by atoms with Crippen molar-refractivity contribution in [3.05, 3.63) is 23.8 Å². The summed E-state index contributed by atoms with van der Waals surface area (Å²) in [5.41, 5.74) is 0.825. The Bertz CT molecular complexity index is 609. The molecule has 0 heterocycles. The Hall–Kier alpha value is -1.51. The number of Topliss-reactive ketones (excluding diaryl/α,β-unsaturated/α-hetero) is 1. The number of benzene rings is 1. The summed E-state index contributed by atoms with van der Waals surface area (Å²) >= 11 is 0. The summed E-state index contributed by atoms with van der Waals surface area (Å²) in [6.07, 6.45) is 6.91. The van der Waals surface area contributed by atoms with E-state index in [4.69, 9.17) is 9.47 Å². The number of ketones is 1. The third-order valence-electron chi connectivity index (χ3n) is 6.47. The van der Waals surface area contributed by atoms with Crippen molar-refractivity contribution in [1.29, 1.82) is 0 Å². The molecule has 22 heavy (non-hydrogen) atoms. The third kappa shape index (κ3) is 1.65. The van der Waals surface area contributed by atoms with Crippen molar-refractivity contribution in [2.75, 3.05) is 14.2 Å². The first kappa shape index (κ1) is 14.1. The van der Waals surface area contributed by atoms with Gasteiger partial charge in [0.25, 0.3) is 0 Å². The molecule has 0 amide bonds. The van der Waals surface area contributed by atoms with E-state index in [-0.39, 0.29) is 5.41 Å². The molecule has 0 radical (unpaired) electrons.